The summed E-state index contributed by atoms with van der Waals surface area (Å²) in [6, 6.07) is 16.6. The van der Waals surface area contributed by atoms with Gasteiger partial charge >= 0.3 is 0 Å². The Morgan fingerprint density at radius 1 is 1.00 bits per heavy atom. The number of anilines is 1. The zero-order valence-corrected chi connectivity index (χ0v) is 20.1. The number of hydrogen-bond donors (Lipinski definition) is 2. The van der Waals surface area contributed by atoms with Crippen molar-refractivity contribution in [2.45, 2.75) is 18.7 Å². The molecule has 2 N–H and O–H groups in total. The van der Waals surface area contributed by atoms with Gasteiger partial charge in [-0.3, -0.25) is 9.52 Å². The summed E-state index contributed by atoms with van der Waals surface area (Å²) in [5.41, 5.74) is 2.38. The minimum Gasteiger partial charge on any atom is -0.497 e. The molecule has 3 rings (SSSR count). The molecule has 9 heteroatoms. The number of rotatable bonds is 9. The zero-order valence-electron chi connectivity index (χ0n) is 18.5. The number of ether oxygens (including phenoxy) is 2. The predicted molar refractivity (Wildman–Crippen MR) is 129 cm³/mol. The highest BCUT2D eigenvalue weighted by molar-refractivity contribution is 7.92. The molecule has 33 heavy (non-hydrogen) atoms. The molecule has 3 aromatic rings. The Morgan fingerprint density at radius 2 is 1.73 bits per heavy atom. The van der Waals surface area contributed by atoms with Crippen molar-refractivity contribution in [2.24, 2.45) is 0 Å². The van der Waals surface area contributed by atoms with Crippen LogP contribution >= 0.6 is 11.6 Å². The molecule has 0 unspecified atom stereocenters. The van der Waals surface area contributed by atoms with Gasteiger partial charge in [0.05, 0.1) is 24.4 Å². The van der Waals surface area contributed by atoms with E-state index in [0.717, 1.165) is 11.1 Å². The van der Waals surface area contributed by atoms with Crippen LogP contribution in [0.15, 0.2) is 65.6 Å². The molecule has 0 atom stereocenters. The molecule has 0 saturated carbocycles. The first kappa shape index (κ1) is 24.4. The van der Waals surface area contributed by atoms with Gasteiger partial charge in [0.25, 0.3) is 15.9 Å². The van der Waals surface area contributed by atoms with Crippen LogP contribution in [0.1, 0.15) is 21.5 Å². The number of amides is 1. The molecule has 0 radical (unpaired) electrons. The number of aryl methyl sites for hydroxylation is 1. The van der Waals surface area contributed by atoms with Crippen LogP contribution in [0, 0.1) is 13.8 Å². The third-order valence-corrected chi connectivity index (χ3v) is 6.88. The smallest absolute Gasteiger partial charge is 0.263 e. The molecule has 0 aliphatic carbocycles. The molecular weight excluding hydrogens is 464 g/mol. The summed E-state index contributed by atoms with van der Waals surface area (Å²) in [4.78, 5) is 12.4. The maximum absolute atomic E-state index is 13.0. The Labute approximate surface area is 198 Å². The van der Waals surface area contributed by atoms with Gasteiger partial charge in [-0.15, -0.1) is 0 Å². The van der Waals surface area contributed by atoms with Gasteiger partial charge in [0, 0.05) is 11.6 Å². The van der Waals surface area contributed by atoms with Crippen LogP contribution in [0.4, 0.5) is 5.69 Å². The first-order valence-corrected chi connectivity index (χ1v) is 12.0. The van der Waals surface area contributed by atoms with Gasteiger partial charge in [0.1, 0.15) is 23.0 Å². The summed E-state index contributed by atoms with van der Waals surface area (Å²) in [7, 11) is -2.44. The highest BCUT2D eigenvalue weighted by atomic mass is 35.5. The molecule has 3 aromatic carbocycles. The number of nitrogens with one attached hydrogen (secondary N) is 2. The van der Waals surface area contributed by atoms with E-state index in [1.165, 1.54) is 18.2 Å². The maximum atomic E-state index is 13.0. The lowest BCUT2D eigenvalue weighted by Crippen LogP contribution is -2.28. The molecule has 0 fully saturated rings. The van der Waals surface area contributed by atoms with E-state index in [4.69, 9.17) is 21.1 Å². The molecule has 174 valence electrons. The molecule has 7 nitrogen and oxygen atoms in total. The van der Waals surface area contributed by atoms with Crippen LogP contribution in [0.25, 0.3) is 0 Å². The standard InChI is InChI=1S/C24H25ClN2O5S/c1-16-6-4-9-22(17(16)2)27-33(29,30)23-14-18(10-11-21(23)25)24(28)26-12-13-32-20-8-5-7-19(15-20)31-3/h4-11,14-15,27H,12-13H2,1-3H3,(H,26,28). The summed E-state index contributed by atoms with van der Waals surface area (Å²) in [6.07, 6.45) is 0. The molecule has 0 spiro atoms. The van der Waals surface area contributed by atoms with Crippen LogP contribution in [0.3, 0.4) is 0 Å². The fourth-order valence-corrected chi connectivity index (χ4v) is 4.69. The van der Waals surface area contributed by atoms with E-state index >= 15 is 0 Å². The van der Waals surface area contributed by atoms with Crippen LogP contribution in [-0.4, -0.2) is 34.6 Å². The van der Waals surface area contributed by atoms with Crippen molar-refractivity contribution in [2.75, 3.05) is 25.0 Å². The number of methoxy groups -OCH3 is 1. The zero-order chi connectivity index (χ0) is 24.0. The van der Waals surface area contributed by atoms with Crippen molar-refractivity contribution in [3.8, 4) is 11.5 Å². The van der Waals surface area contributed by atoms with Gasteiger partial charge < -0.3 is 14.8 Å². The molecule has 0 aliphatic heterocycles. The minimum atomic E-state index is -4.01. The van der Waals surface area contributed by atoms with Gasteiger partial charge in [0.15, 0.2) is 0 Å². The molecule has 0 bridgehead atoms. The summed E-state index contributed by atoms with van der Waals surface area (Å²) in [5.74, 6) is 0.839. The summed E-state index contributed by atoms with van der Waals surface area (Å²) in [6.45, 7) is 4.17. The van der Waals surface area contributed by atoms with Gasteiger partial charge in [-0.2, -0.15) is 0 Å². The molecule has 1 amide bonds. The summed E-state index contributed by atoms with van der Waals surface area (Å²) in [5, 5.41) is 2.73. The summed E-state index contributed by atoms with van der Waals surface area (Å²) >= 11 is 6.16. The van der Waals surface area contributed by atoms with Crippen LogP contribution in [0.2, 0.25) is 5.02 Å². The molecule has 0 heterocycles. The highest BCUT2D eigenvalue weighted by Gasteiger charge is 2.21. The SMILES string of the molecule is COc1cccc(OCCNC(=O)c2ccc(Cl)c(S(=O)(=O)Nc3cccc(C)c3C)c2)c1. The number of sulfonamides is 1. The minimum absolute atomic E-state index is 0.0192. The van der Waals surface area contributed by atoms with Crippen LogP contribution < -0.4 is 19.5 Å². The lowest BCUT2D eigenvalue weighted by Gasteiger charge is -2.14. The average Bonchev–Trinajstić information content (AvgIpc) is 2.80. The molecular formula is C24H25ClN2O5S. The van der Waals surface area contributed by atoms with E-state index in [9.17, 15) is 13.2 Å². The molecule has 0 aromatic heterocycles. The highest BCUT2D eigenvalue weighted by Crippen LogP contribution is 2.27. The first-order valence-electron chi connectivity index (χ1n) is 10.1. The quantitative estimate of drug-likeness (QED) is 0.430. The van der Waals surface area contributed by atoms with E-state index in [0.29, 0.717) is 17.2 Å². The molecule has 0 saturated heterocycles. The van der Waals surface area contributed by atoms with E-state index in [2.05, 4.69) is 10.0 Å². The second-order valence-corrected chi connectivity index (χ2v) is 9.34. The third-order valence-electron chi connectivity index (χ3n) is 5.03. The van der Waals surface area contributed by atoms with Crippen molar-refractivity contribution in [1.29, 1.82) is 0 Å². The number of hydrogen-bond acceptors (Lipinski definition) is 5. The summed E-state index contributed by atoms with van der Waals surface area (Å²) < 4.78 is 39.2. The lowest BCUT2D eigenvalue weighted by molar-refractivity contribution is 0.0946. The maximum Gasteiger partial charge on any atom is 0.263 e. The Kier molecular flexibility index (Phi) is 7.84. The van der Waals surface area contributed by atoms with E-state index in [1.54, 1.807) is 43.5 Å². The monoisotopic (exact) mass is 488 g/mol. The largest absolute Gasteiger partial charge is 0.497 e. The van der Waals surface area contributed by atoms with E-state index in [1.807, 2.05) is 19.9 Å². The first-order chi connectivity index (χ1) is 15.7. The topological polar surface area (TPSA) is 93.7 Å². The van der Waals surface area contributed by atoms with E-state index < -0.39 is 15.9 Å². The van der Waals surface area contributed by atoms with Crippen molar-refractivity contribution in [3.05, 3.63) is 82.4 Å². The lowest BCUT2D eigenvalue weighted by atomic mass is 10.1. The van der Waals surface area contributed by atoms with Crippen molar-refractivity contribution in [1.82, 2.24) is 5.32 Å². The van der Waals surface area contributed by atoms with Gasteiger partial charge in [-0.1, -0.05) is 29.8 Å². The fraction of sp³-hybridized carbons (Fsp3) is 0.208. The van der Waals surface area contributed by atoms with Crippen LogP contribution in [0.5, 0.6) is 11.5 Å². The van der Waals surface area contributed by atoms with Crippen molar-refractivity contribution in [3.63, 3.8) is 0 Å². The number of benzene rings is 3. The van der Waals surface area contributed by atoms with Crippen molar-refractivity contribution < 1.29 is 22.7 Å². The third kappa shape index (κ3) is 6.18. The Balaban J connectivity index is 1.67. The number of halogens is 1. The van der Waals surface area contributed by atoms with Gasteiger partial charge in [-0.25, -0.2) is 8.42 Å². The van der Waals surface area contributed by atoms with Crippen molar-refractivity contribution >= 4 is 33.2 Å². The van der Waals surface area contributed by atoms with Gasteiger partial charge in [0.2, 0.25) is 0 Å². The fourth-order valence-electron chi connectivity index (χ4n) is 3.04. The molecule has 0 aliphatic rings. The average molecular weight is 489 g/mol. The second-order valence-electron chi connectivity index (χ2n) is 7.28. The van der Waals surface area contributed by atoms with Gasteiger partial charge in [-0.05, 0) is 61.4 Å². The number of carbonyl (C=O) groups is 1. The predicted octanol–water partition coefficient (Wildman–Crippen LogP) is 4.58. The Morgan fingerprint density at radius 3 is 2.48 bits per heavy atom. The normalized spacial score (nSPS) is 11.0. The van der Waals surface area contributed by atoms with Crippen LogP contribution in [-0.2, 0) is 10.0 Å². The Bertz CT molecular complexity index is 1260. The second kappa shape index (κ2) is 10.6. The number of carbonyl (C=O) groups excluding carboxylic acids is 1. The van der Waals surface area contributed by atoms with E-state index in [-0.39, 0.29) is 28.6 Å². The Hall–Kier alpha value is -3.23.